The zero-order chi connectivity index (χ0) is 15.8. The summed E-state index contributed by atoms with van der Waals surface area (Å²) in [5, 5.41) is 18.9. The quantitative estimate of drug-likeness (QED) is 0.797. The lowest BCUT2D eigenvalue weighted by atomic mass is 9.84. The van der Waals surface area contributed by atoms with E-state index < -0.39 is 24.5 Å². The fourth-order valence-corrected chi connectivity index (χ4v) is 2.18. The van der Waals surface area contributed by atoms with Crippen molar-refractivity contribution in [1.29, 1.82) is 0 Å². The molecule has 114 valence electrons. The summed E-state index contributed by atoms with van der Waals surface area (Å²) in [5.41, 5.74) is 0.717. The van der Waals surface area contributed by atoms with Crippen molar-refractivity contribution in [2.75, 3.05) is 6.61 Å². The minimum atomic E-state index is -2.66. The zero-order valence-electron chi connectivity index (χ0n) is 12.2. The van der Waals surface area contributed by atoms with Crippen molar-refractivity contribution in [3.63, 3.8) is 0 Å². The van der Waals surface area contributed by atoms with Crippen molar-refractivity contribution < 1.29 is 29.3 Å². The van der Waals surface area contributed by atoms with Crippen LogP contribution in [0.4, 0.5) is 0 Å². The summed E-state index contributed by atoms with van der Waals surface area (Å²) in [7, 11) is 0. The molecule has 0 aromatic heterocycles. The molecule has 1 aliphatic rings. The minimum absolute atomic E-state index is 0.169. The first-order chi connectivity index (χ1) is 9.65. The Labute approximate surface area is 122 Å². The number of rotatable bonds is 2. The van der Waals surface area contributed by atoms with Crippen LogP contribution in [0.5, 0.6) is 0 Å². The number of hydrogen-bond donors (Lipinski definition) is 2. The highest BCUT2D eigenvalue weighted by Gasteiger charge is 2.40. The van der Waals surface area contributed by atoms with E-state index in [9.17, 15) is 14.7 Å². The van der Waals surface area contributed by atoms with E-state index >= 15 is 0 Å². The molecule has 1 aromatic rings. The molecule has 6 nitrogen and oxygen atoms in total. The molecule has 0 aliphatic carbocycles. The van der Waals surface area contributed by atoms with E-state index in [-0.39, 0.29) is 16.5 Å². The van der Waals surface area contributed by atoms with Crippen molar-refractivity contribution in [2.24, 2.45) is 5.41 Å². The number of esters is 2. The Morgan fingerprint density at radius 2 is 1.57 bits per heavy atom. The average molecular weight is 294 g/mol. The molecule has 2 bridgehead atoms. The number of aliphatic hydroxyl groups is 2. The Morgan fingerprint density at radius 1 is 1.10 bits per heavy atom. The highest BCUT2D eigenvalue weighted by Crippen LogP contribution is 2.30. The molecule has 1 aliphatic heterocycles. The number of cyclic esters (lactones) is 2. The van der Waals surface area contributed by atoms with Gasteiger partial charge in [-0.2, -0.15) is 0 Å². The molecular formula is C15H18O6. The van der Waals surface area contributed by atoms with E-state index in [4.69, 9.17) is 14.6 Å². The van der Waals surface area contributed by atoms with E-state index in [1.165, 1.54) is 12.1 Å². The molecule has 0 radical (unpaired) electrons. The molecule has 0 spiro atoms. The summed E-state index contributed by atoms with van der Waals surface area (Å²) < 4.78 is 9.43. The smallest absolute Gasteiger partial charge is 0.393 e. The molecular weight excluding hydrogens is 276 g/mol. The molecule has 0 atom stereocenters. The summed E-state index contributed by atoms with van der Waals surface area (Å²) in [6, 6.07) is 4.58. The van der Waals surface area contributed by atoms with Gasteiger partial charge in [-0.15, -0.1) is 0 Å². The summed E-state index contributed by atoms with van der Waals surface area (Å²) in [6.07, 6.45) is 0.459. The van der Waals surface area contributed by atoms with Gasteiger partial charge in [0, 0.05) is 0 Å². The van der Waals surface area contributed by atoms with Gasteiger partial charge in [0.05, 0.1) is 11.1 Å². The molecule has 6 heteroatoms. The predicted molar refractivity (Wildman–Crippen MR) is 72.5 cm³/mol. The Bertz CT molecular complexity index is 548. The van der Waals surface area contributed by atoms with Gasteiger partial charge in [0.1, 0.15) is 6.61 Å². The molecule has 0 saturated heterocycles. The van der Waals surface area contributed by atoms with Gasteiger partial charge in [-0.25, -0.2) is 9.59 Å². The Kier molecular flexibility index (Phi) is 3.78. The molecule has 2 N–H and O–H groups in total. The van der Waals surface area contributed by atoms with Crippen molar-refractivity contribution in [3.05, 3.63) is 34.9 Å². The normalized spacial score (nSPS) is 17.6. The molecule has 0 saturated carbocycles. The second-order valence-corrected chi connectivity index (χ2v) is 6.22. The van der Waals surface area contributed by atoms with Crippen LogP contribution in [-0.2, 0) is 15.9 Å². The van der Waals surface area contributed by atoms with Crippen LogP contribution in [0.1, 0.15) is 47.1 Å². The van der Waals surface area contributed by atoms with Crippen LogP contribution in [0.2, 0.25) is 0 Å². The third-order valence-corrected chi connectivity index (χ3v) is 3.03. The summed E-state index contributed by atoms with van der Waals surface area (Å²) >= 11 is 0. The maximum atomic E-state index is 12.1. The van der Waals surface area contributed by atoms with Crippen LogP contribution in [0, 0.1) is 5.41 Å². The molecule has 2 rings (SSSR count). The number of benzene rings is 1. The molecule has 0 amide bonds. The van der Waals surface area contributed by atoms with Gasteiger partial charge in [0.15, 0.2) is 0 Å². The van der Waals surface area contributed by atoms with Crippen LogP contribution in [0.15, 0.2) is 18.2 Å². The molecule has 21 heavy (non-hydrogen) atoms. The van der Waals surface area contributed by atoms with E-state index in [2.05, 4.69) is 0 Å². The number of carbonyl (C=O) groups is 2. The third-order valence-electron chi connectivity index (χ3n) is 3.03. The second-order valence-electron chi connectivity index (χ2n) is 6.22. The van der Waals surface area contributed by atoms with E-state index in [1.807, 2.05) is 20.8 Å². The molecule has 1 aromatic carbocycles. The monoisotopic (exact) mass is 294 g/mol. The number of carbonyl (C=O) groups excluding carboxylic acids is 2. The largest absolute Gasteiger partial charge is 0.398 e. The fourth-order valence-electron chi connectivity index (χ4n) is 2.18. The minimum Gasteiger partial charge on any atom is -0.393 e. The van der Waals surface area contributed by atoms with E-state index in [0.717, 1.165) is 0 Å². The lowest BCUT2D eigenvalue weighted by Crippen LogP contribution is -2.45. The van der Waals surface area contributed by atoms with Crippen LogP contribution < -0.4 is 0 Å². The summed E-state index contributed by atoms with van der Waals surface area (Å²) in [4.78, 5) is 24.3. The second kappa shape index (κ2) is 5.13. The number of fused-ring (bicyclic) bond motifs is 2. The van der Waals surface area contributed by atoms with Crippen LogP contribution in [0.25, 0.3) is 0 Å². The van der Waals surface area contributed by atoms with E-state index in [1.54, 1.807) is 6.07 Å². The zero-order valence-corrected chi connectivity index (χ0v) is 12.2. The van der Waals surface area contributed by atoms with Gasteiger partial charge < -0.3 is 19.7 Å². The maximum Gasteiger partial charge on any atom is 0.398 e. The van der Waals surface area contributed by atoms with E-state index in [0.29, 0.717) is 12.0 Å². The molecule has 1 heterocycles. The van der Waals surface area contributed by atoms with Crippen LogP contribution >= 0.6 is 0 Å². The Morgan fingerprint density at radius 3 is 1.95 bits per heavy atom. The van der Waals surface area contributed by atoms with Gasteiger partial charge in [-0.3, -0.25) is 0 Å². The highest BCUT2D eigenvalue weighted by atomic mass is 16.8. The van der Waals surface area contributed by atoms with Crippen LogP contribution in [0.3, 0.4) is 0 Å². The SMILES string of the molecule is CC(C)(C)Cc1c2cccc1C(=O)OC(O)(CO)OC2=O. The fraction of sp³-hybridized carbons (Fsp3) is 0.467. The summed E-state index contributed by atoms with van der Waals surface area (Å²) in [5.74, 6) is -4.35. The lowest BCUT2D eigenvalue weighted by molar-refractivity contribution is -0.318. The van der Waals surface area contributed by atoms with Gasteiger partial charge in [-0.1, -0.05) is 26.8 Å². The molecule has 0 fully saturated rings. The van der Waals surface area contributed by atoms with Crippen molar-refractivity contribution in [2.45, 2.75) is 33.2 Å². The summed E-state index contributed by atoms with van der Waals surface area (Å²) in [6.45, 7) is 4.88. The number of aliphatic hydroxyl groups excluding tert-OH is 1. The Hall–Kier alpha value is -1.92. The first kappa shape index (κ1) is 15.5. The first-order valence-corrected chi connectivity index (χ1v) is 6.57. The predicted octanol–water partition coefficient (Wildman–Crippen LogP) is 1.24. The van der Waals surface area contributed by atoms with Gasteiger partial charge in [0.2, 0.25) is 0 Å². The van der Waals surface area contributed by atoms with Gasteiger partial charge in [0.25, 0.3) is 0 Å². The third kappa shape index (κ3) is 3.22. The van der Waals surface area contributed by atoms with Gasteiger partial charge >= 0.3 is 17.9 Å². The highest BCUT2D eigenvalue weighted by molar-refractivity contribution is 5.99. The number of hydrogen-bond acceptors (Lipinski definition) is 6. The first-order valence-electron chi connectivity index (χ1n) is 6.57. The van der Waals surface area contributed by atoms with Gasteiger partial charge in [-0.05, 0) is 29.5 Å². The van der Waals surface area contributed by atoms with Crippen molar-refractivity contribution in [3.8, 4) is 0 Å². The van der Waals surface area contributed by atoms with Crippen molar-refractivity contribution in [1.82, 2.24) is 0 Å². The van der Waals surface area contributed by atoms with Crippen LogP contribution in [-0.4, -0.2) is 34.7 Å². The Balaban J connectivity index is 2.57. The average Bonchev–Trinajstić information content (AvgIpc) is 2.36. The lowest BCUT2D eigenvalue weighted by Gasteiger charge is -2.29. The number of ether oxygens (including phenoxy) is 2. The maximum absolute atomic E-state index is 12.1. The topological polar surface area (TPSA) is 93.1 Å². The standard InChI is InChI=1S/C15H18O6/c1-14(2,3)7-11-9-5-4-6-10(11)13(18)21-15(19,8-16)20-12(9)17/h4-6,16,19H,7-8H2,1-3H3. The molecule has 0 unspecified atom stereocenters. The van der Waals surface area contributed by atoms with Crippen molar-refractivity contribution >= 4 is 11.9 Å².